The largest absolute Gasteiger partial charge is 0.247 e. The van der Waals surface area contributed by atoms with Gasteiger partial charge in [-0.05, 0) is 67.7 Å². The van der Waals surface area contributed by atoms with Crippen molar-refractivity contribution in [3.8, 4) is 78.8 Å². The summed E-state index contributed by atoms with van der Waals surface area (Å²) >= 11 is 0. The molecule has 0 saturated heterocycles. The molecule has 0 aliphatic heterocycles. The molecule has 0 N–H and O–H groups in total. The van der Waals surface area contributed by atoms with E-state index in [1.807, 2.05) is 12.1 Å². The predicted molar refractivity (Wildman–Crippen MR) is 248 cm³/mol. The van der Waals surface area contributed by atoms with Crippen molar-refractivity contribution in [1.82, 2.24) is 19.9 Å². The molecular weight excluding hydrogens is 729 g/mol. The van der Waals surface area contributed by atoms with E-state index in [1.54, 1.807) is 0 Å². The Kier molecular flexibility index (Phi) is 8.79. The van der Waals surface area contributed by atoms with Crippen LogP contribution < -0.4 is 0 Å². The van der Waals surface area contributed by atoms with Gasteiger partial charge in [-0.3, -0.25) is 0 Å². The molecule has 11 aromatic rings. The molecule has 0 aliphatic rings. The average molecular weight is 765 g/mol. The average Bonchev–Trinajstić information content (AvgIpc) is 3.34. The van der Waals surface area contributed by atoms with Gasteiger partial charge in [0.2, 0.25) is 0 Å². The second-order valence-corrected chi connectivity index (χ2v) is 15.1. The first kappa shape index (κ1) is 35.1. The highest BCUT2D eigenvalue weighted by Gasteiger charge is 2.15. The molecule has 60 heavy (non-hydrogen) atoms. The Hall–Kier alpha value is -8.08. The van der Waals surface area contributed by atoms with E-state index in [9.17, 15) is 0 Å². The van der Waals surface area contributed by atoms with Crippen LogP contribution in [0.5, 0.6) is 0 Å². The molecule has 0 unspecified atom stereocenters. The van der Waals surface area contributed by atoms with Crippen LogP contribution in [0.3, 0.4) is 0 Å². The van der Waals surface area contributed by atoms with E-state index in [0.717, 1.165) is 66.5 Å². The van der Waals surface area contributed by atoms with Gasteiger partial charge in [0.15, 0.2) is 17.5 Å². The van der Waals surface area contributed by atoms with Gasteiger partial charge in [0.1, 0.15) is 0 Å². The number of pyridine rings is 1. The number of rotatable bonds is 7. The van der Waals surface area contributed by atoms with Crippen molar-refractivity contribution in [1.29, 1.82) is 0 Å². The van der Waals surface area contributed by atoms with Crippen LogP contribution in [0, 0.1) is 0 Å². The Bertz CT molecular complexity index is 3210. The molecule has 11 rings (SSSR count). The topological polar surface area (TPSA) is 51.6 Å². The molecule has 0 atom stereocenters. The Morgan fingerprint density at radius 1 is 0.217 bits per heavy atom. The third-order valence-electron chi connectivity index (χ3n) is 11.3. The van der Waals surface area contributed by atoms with Crippen LogP contribution in [0.25, 0.3) is 111 Å². The van der Waals surface area contributed by atoms with E-state index in [0.29, 0.717) is 17.5 Å². The van der Waals surface area contributed by atoms with Crippen LogP contribution in [0.4, 0.5) is 0 Å². The highest BCUT2D eigenvalue weighted by molar-refractivity contribution is 6.15. The third-order valence-corrected chi connectivity index (χ3v) is 11.3. The van der Waals surface area contributed by atoms with Crippen LogP contribution in [-0.4, -0.2) is 19.9 Å². The first-order valence-corrected chi connectivity index (χ1v) is 20.2. The van der Waals surface area contributed by atoms with Crippen molar-refractivity contribution in [2.75, 3.05) is 0 Å². The van der Waals surface area contributed by atoms with Gasteiger partial charge in [-0.2, -0.15) is 0 Å². The maximum Gasteiger partial charge on any atom is 0.164 e. The highest BCUT2D eigenvalue weighted by atomic mass is 15.0. The Labute approximate surface area is 348 Å². The molecule has 4 heteroatoms. The van der Waals surface area contributed by atoms with Gasteiger partial charge in [0.25, 0.3) is 0 Å². The van der Waals surface area contributed by atoms with E-state index >= 15 is 0 Å². The first-order valence-electron chi connectivity index (χ1n) is 20.2. The molecule has 0 aliphatic carbocycles. The number of aromatic nitrogens is 4. The van der Waals surface area contributed by atoms with E-state index in [1.165, 1.54) is 27.3 Å². The molecule has 2 heterocycles. The minimum Gasteiger partial charge on any atom is -0.247 e. The summed E-state index contributed by atoms with van der Waals surface area (Å²) in [5, 5.41) is 5.97. The zero-order valence-electron chi connectivity index (χ0n) is 32.6. The van der Waals surface area contributed by atoms with Crippen molar-refractivity contribution >= 4 is 32.4 Å². The molecule has 0 radical (unpaired) electrons. The Balaban J connectivity index is 0.937. The maximum atomic E-state index is 5.20. The number of hydrogen-bond donors (Lipinski definition) is 0. The lowest BCUT2D eigenvalue weighted by molar-refractivity contribution is 1.07. The smallest absolute Gasteiger partial charge is 0.164 e. The van der Waals surface area contributed by atoms with Gasteiger partial charge in [-0.1, -0.05) is 200 Å². The summed E-state index contributed by atoms with van der Waals surface area (Å²) in [6, 6.07) is 76.5. The number of para-hydroxylation sites is 1. The molecule has 9 aromatic carbocycles. The molecule has 2 aromatic heterocycles. The van der Waals surface area contributed by atoms with Crippen LogP contribution in [0.1, 0.15) is 0 Å². The summed E-state index contributed by atoms with van der Waals surface area (Å²) in [4.78, 5) is 20.3. The minimum atomic E-state index is 0.623. The monoisotopic (exact) mass is 764 g/mol. The standard InChI is InChI=1S/C56H36N4/c1-3-11-37(12-4-1)39-21-29-44(30-22-39)54-58-55(45-31-23-40(24-32-45)38-13-5-2-6-14-38)60-56(59-54)46-33-25-42(26-34-46)41-19-27-43(28-20-41)53-51-36-48-16-8-7-15-47(48)35-50(51)49-17-9-10-18-52(49)57-53/h1-36H. The SMILES string of the molecule is c1ccc(-c2ccc(-c3nc(-c4ccc(-c5ccccc5)cc4)nc(-c4ccc(-c5ccc(-c6nc7ccccc7c7cc8ccccc8cc67)cc5)cc4)n3)cc2)cc1. The van der Waals surface area contributed by atoms with Crippen LogP contribution in [-0.2, 0) is 0 Å². The molecule has 4 nitrogen and oxygen atoms in total. The van der Waals surface area contributed by atoms with Crippen LogP contribution in [0.2, 0.25) is 0 Å². The third kappa shape index (κ3) is 6.66. The summed E-state index contributed by atoms with van der Waals surface area (Å²) in [7, 11) is 0. The lowest BCUT2D eigenvalue weighted by Crippen LogP contribution is -2.00. The van der Waals surface area contributed by atoms with E-state index < -0.39 is 0 Å². The van der Waals surface area contributed by atoms with Crippen molar-refractivity contribution in [3.63, 3.8) is 0 Å². The molecule has 280 valence electrons. The van der Waals surface area contributed by atoms with E-state index in [2.05, 4.69) is 206 Å². The highest BCUT2D eigenvalue weighted by Crippen LogP contribution is 2.37. The molecule has 0 fully saturated rings. The number of nitrogens with zero attached hydrogens (tertiary/aromatic N) is 4. The van der Waals surface area contributed by atoms with Gasteiger partial charge in [-0.25, -0.2) is 19.9 Å². The van der Waals surface area contributed by atoms with Gasteiger partial charge < -0.3 is 0 Å². The molecule has 0 bridgehead atoms. The zero-order valence-corrected chi connectivity index (χ0v) is 32.6. The maximum absolute atomic E-state index is 5.20. The summed E-state index contributed by atoms with van der Waals surface area (Å²) in [5.41, 5.74) is 12.7. The number of hydrogen-bond acceptors (Lipinski definition) is 4. The van der Waals surface area contributed by atoms with Crippen molar-refractivity contribution in [3.05, 3.63) is 218 Å². The lowest BCUT2D eigenvalue weighted by atomic mass is 9.95. The van der Waals surface area contributed by atoms with Crippen molar-refractivity contribution in [2.45, 2.75) is 0 Å². The molecule has 0 saturated carbocycles. The Morgan fingerprint density at radius 2 is 0.550 bits per heavy atom. The van der Waals surface area contributed by atoms with E-state index in [-0.39, 0.29) is 0 Å². The van der Waals surface area contributed by atoms with Crippen LogP contribution >= 0.6 is 0 Å². The number of benzene rings is 9. The van der Waals surface area contributed by atoms with E-state index in [4.69, 9.17) is 19.9 Å². The summed E-state index contributed by atoms with van der Waals surface area (Å²) in [5.74, 6) is 1.88. The van der Waals surface area contributed by atoms with Crippen LogP contribution in [0.15, 0.2) is 218 Å². The fourth-order valence-corrected chi connectivity index (χ4v) is 8.14. The minimum absolute atomic E-state index is 0.623. The van der Waals surface area contributed by atoms with Crippen molar-refractivity contribution < 1.29 is 0 Å². The van der Waals surface area contributed by atoms with Gasteiger partial charge in [-0.15, -0.1) is 0 Å². The summed E-state index contributed by atoms with van der Waals surface area (Å²) < 4.78 is 0. The lowest BCUT2D eigenvalue weighted by Gasteiger charge is -2.12. The molecule has 0 spiro atoms. The van der Waals surface area contributed by atoms with Gasteiger partial charge in [0.05, 0.1) is 11.2 Å². The predicted octanol–water partition coefficient (Wildman–Crippen LogP) is 14.4. The molecule has 0 amide bonds. The summed E-state index contributed by atoms with van der Waals surface area (Å²) in [6.45, 7) is 0. The van der Waals surface area contributed by atoms with Crippen molar-refractivity contribution in [2.24, 2.45) is 0 Å². The fraction of sp³-hybridized carbons (Fsp3) is 0. The first-order chi connectivity index (χ1) is 29.7. The van der Waals surface area contributed by atoms with Gasteiger partial charge in [0, 0.05) is 33.0 Å². The normalized spacial score (nSPS) is 11.3. The van der Waals surface area contributed by atoms with Gasteiger partial charge >= 0.3 is 0 Å². The second-order valence-electron chi connectivity index (χ2n) is 15.1. The fourth-order valence-electron chi connectivity index (χ4n) is 8.14. The zero-order chi connectivity index (χ0) is 39.8. The Morgan fingerprint density at radius 3 is 1.00 bits per heavy atom. The number of fused-ring (bicyclic) bond motifs is 4. The molecular formula is C56H36N4. The summed E-state index contributed by atoms with van der Waals surface area (Å²) in [6.07, 6.45) is 0. The quantitative estimate of drug-likeness (QED) is 0.120. The second kappa shape index (κ2) is 15.0.